The molecule has 0 radical (unpaired) electrons. The van der Waals surface area contributed by atoms with Crippen LogP contribution in [0.2, 0.25) is 0 Å². The largest absolute Gasteiger partial charge is 0.481 e. The molecule has 1 rings (SSSR count). The lowest BCUT2D eigenvalue weighted by molar-refractivity contribution is -0.141. The summed E-state index contributed by atoms with van der Waals surface area (Å²) in [7, 11) is -4.14. The van der Waals surface area contributed by atoms with Gasteiger partial charge in [-0.2, -0.15) is 0 Å². The van der Waals surface area contributed by atoms with E-state index >= 15 is 0 Å². The first-order valence-electron chi connectivity index (χ1n) is 5.32. The van der Waals surface area contributed by atoms with Gasteiger partial charge in [0, 0.05) is 6.54 Å². The highest BCUT2D eigenvalue weighted by atomic mass is 32.2. The molecule has 106 valence electrons. The quantitative estimate of drug-likeness (QED) is 0.700. The van der Waals surface area contributed by atoms with Crippen molar-refractivity contribution in [3.05, 3.63) is 30.1 Å². The average molecular weight is 291 g/mol. The maximum atomic E-state index is 13.3. The lowest BCUT2D eigenvalue weighted by Gasteiger charge is -2.21. The fourth-order valence-electron chi connectivity index (χ4n) is 1.38. The minimum atomic E-state index is -4.14. The van der Waals surface area contributed by atoms with Gasteiger partial charge in [0.2, 0.25) is 10.0 Å². The summed E-state index contributed by atoms with van der Waals surface area (Å²) in [6.45, 7) is 0.640. The van der Waals surface area contributed by atoms with Crippen molar-refractivity contribution in [2.75, 3.05) is 6.54 Å². The third-order valence-electron chi connectivity index (χ3n) is 2.30. The molecule has 6 nitrogen and oxygen atoms in total. The zero-order valence-corrected chi connectivity index (χ0v) is 10.9. The maximum Gasteiger partial charge on any atom is 0.306 e. The van der Waals surface area contributed by atoms with E-state index in [1.54, 1.807) is 0 Å². The molecule has 0 amide bonds. The first kappa shape index (κ1) is 15.5. The van der Waals surface area contributed by atoms with Crippen molar-refractivity contribution in [2.24, 2.45) is 0 Å². The molecule has 1 atom stereocenters. The van der Waals surface area contributed by atoms with Crippen molar-refractivity contribution < 1.29 is 27.8 Å². The van der Waals surface area contributed by atoms with Crippen molar-refractivity contribution >= 4 is 16.0 Å². The Bertz CT molecular complexity index is 570. The van der Waals surface area contributed by atoms with Crippen molar-refractivity contribution in [3.63, 3.8) is 0 Å². The summed E-state index contributed by atoms with van der Waals surface area (Å²) < 4.78 is 38.9. The highest BCUT2D eigenvalue weighted by molar-refractivity contribution is 7.89. The van der Waals surface area contributed by atoms with Crippen LogP contribution >= 0.6 is 0 Å². The van der Waals surface area contributed by atoms with Gasteiger partial charge in [-0.3, -0.25) is 4.79 Å². The van der Waals surface area contributed by atoms with E-state index in [-0.39, 0.29) is 0 Å². The van der Waals surface area contributed by atoms with E-state index < -0.39 is 45.3 Å². The summed E-state index contributed by atoms with van der Waals surface area (Å²) in [5, 5.41) is 18.2. The molecule has 0 fully saturated rings. The van der Waals surface area contributed by atoms with Crippen LogP contribution < -0.4 is 4.72 Å². The van der Waals surface area contributed by atoms with Gasteiger partial charge in [-0.05, 0) is 19.1 Å². The second kappa shape index (κ2) is 5.64. The molecule has 1 aromatic carbocycles. The molecule has 1 aromatic rings. The Kier molecular flexibility index (Phi) is 4.61. The third-order valence-corrected chi connectivity index (χ3v) is 3.74. The number of aliphatic hydroxyl groups is 1. The van der Waals surface area contributed by atoms with Gasteiger partial charge in [-0.1, -0.05) is 12.1 Å². The molecule has 0 aliphatic heterocycles. The number of hydrogen-bond acceptors (Lipinski definition) is 4. The Morgan fingerprint density at radius 3 is 2.53 bits per heavy atom. The summed E-state index contributed by atoms with van der Waals surface area (Å²) in [6, 6.07) is 4.76. The smallest absolute Gasteiger partial charge is 0.306 e. The lowest BCUT2D eigenvalue weighted by Crippen LogP contribution is -2.42. The first-order chi connectivity index (χ1) is 8.64. The number of carboxylic acid groups (broad SMARTS) is 1. The van der Waals surface area contributed by atoms with Gasteiger partial charge in [-0.15, -0.1) is 0 Å². The van der Waals surface area contributed by atoms with E-state index in [2.05, 4.69) is 0 Å². The Morgan fingerprint density at radius 1 is 1.42 bits per heavy atom. The van der Waals surface area contributed by atoms with Gasteiger partial charge in [0.05, 0.1) is 12.0 Å². The number of carbonyl (C=O) groups is 1. The fraction of sp³-hybridized carbons (Fsp3) is 0.364. The Labute approximate surface area is 109 Å². The number of rotatable bonds is 6. The van der Waals surface area contributed by atoms with Crippen LogP contribution in [0, 0.1) is 5.82 Å². The molecular formula is C11H14FNO5S. The number of sulfonamides is 1. The van der Waals surface area contributed by atoms with Crippen LogP contribution in [0.4, 0.5) is 4.39 Å². The summed E-state index contributed by atoms with van der Waals surface area (Å²) in [4.78, 5) is 9.91. The van der Waals surface area contributed by atoms with Gasteiger partial charge in [0.1, 0.15) is 10.7 Å². The Hall–Kier alpha value is -1.51. The molecule has 0 aliphatic carbocycles. The molecule has 3 N–H and O–H groups in total. The number of benzene rings is 1. The topological polar surface area (TPSA) is 104 Å². The van der Waals surface area contributed by atoms with Crippen molar-refractivity contribution in [3.8, 4) is 0 Å². The lowest BCUT2D eigenvalue weighted by atomic mass is 10.0. The van der Waals surface area contributed by atoms with E-state index in [1.165, 1.54) is 19.1 Å². The summed E-state index contributed by atoms with van der Waals surface area (Å²) in [5.41, 5.74) is -1.76. The molecule has 8 heteroatoms. The molecule has 0 saturated heterocycles. The van der Waals surface area contributed by atoms with Gasteiger partial charge >= 0.3 is 5.97 Å². The molecule has 1 unspecified atom stereocenters. The first-order valence-corrected chi connectivity index (χ1v) is 6.81. The zero-order chi connectivity index (χ0) is 14.7. The third kappa shape index (κ3) is 4.58. The van der Waals surface area contributed by atoms with E-state index in [1.807, 2.05) is 4.72 Å². The molecule has 19 heavy (non-hydrogen) atoms. The van der Waals surface area contributed by atoms with Crippen molar-refractivity contribution in [1.82, 2.24) is 4.72 Å². The highest BCUT2D eigenvalue weighted by Gasteiger charge is 2.27. The molecule has 0 aromatic heterocycles. The maximum absolute atomic E-state index is 13.3. The normalized spacial score (nSPS) is 14.9. The van der Waals surface area contributed by atoms with Crippen LogP contribution in [-0.4, -0.2) is 36.7 Å². The highest BCUT2D eigenvalue weighted by Crippen LogP contribution is 2.15. The van der Waals surface area contributed by atoms with Crippen LogP contribution in [0.1, 0.15) is 13.3 Å². The van der Waals surface area contributed by atoms with Crippen LogP contribution in [0.5, 0.6) is 0 Å². The van der Waals surface area contributed by atoms with Crippen molar-refractivity contribution in [2.45, 2.75) is 23.8 Å². The monoisotopic (exact) mass is 291 g/mol. The number of halogens is 1. The molecular weight excluding hydrogens is 277 g/mol. The van der Waals surface area contributed by atoms with E-state index in [9.17, 15) is 22.7 Å². The Balaban J connectivity index is 2.82. The minimum absolute atomic E-state index is 0.532. The predicted octanol–water partition coefficient (Wildman–Crippen LogP) is 0.330. The molecule has 0 saturated carbocycles. The van der Waals surface area contributed by atoms with Crippen LogP contribution in [0.3, 0.4) is 0 Å². The SMILES string of the molecule is CC(O)(CNS(=O)(=O)c1ccccc1F)CC(=O)O. The molecule has 0 spiro atoms. The van der Waals surface area contributed by atoms with E-state index in [0.29, 0.717) is 0 Å². The molecule has 0 heterocycles. The average Bonchev–Trinajstić information content (AvgIpc) is 2.25. The second-order valence-electron chi connectivity index (χ2n) is 4.32. The zero-order valence-electron chi connectivity index (χ0n) is 10.1. The summed E-state index contributed by atoms with van der Waals surface area (Å²) in [5.74, 6) is -2.19. The van der Waals surface area contributed by atoms with Gasteiger partial charge in [0.25, 0.3) is 0 Å². The number of aliphatic carboxylic acids is 1. The number of carboxylic acids is 1. The van der Waals surface area contributed by atoms with Crippen LogP contribution in [0.15, 0.2) is 29.2 Å². The minimum Gasteiger partial charge on any atom is -0.481 e. The van der Waals surface area contributed by atoms with E-state index in [0.717, 1.165) is 12.1 Å². The van der Waals surface area contributed by atoms with E-state index in [4.69, 9.17) is 5.11 Å². The standard InChI is InChI=1S/C11H14FNO5S/c1-11(16,6-10(14)15)7-13-19(17,18)9-5-3-2-4-8(9)12/h2-5,13,16H,6-7H2,1H3,(H,14,15). The second-order valence-corrected chi connectivity index (χ2v) is 6.06. The van der Waals surface area contributed by atoms with Gasteiger partial charge < -0.3 is 10.2 Å². The fourth-order valence-corrected chi connectivity index (χ4v) is 2.62. The van der Waals surface area contributed by atoms with Gasteiger partial charge in [0.15, 0.2) is 0 Å². The molecule has 0 bridgehead atoms. The van der Waals surface area contributed by atoms with Gasteiger partial charge in [-0.25, -0.2) is 17.5 Å². The number of nitrogens with one attached hydrogen (secondary N) is 1. The van der Waals surface area contributed by atoms with Crippen LogP contribution in [0.25, 0.3) is 0 Å². The number of hydrogen-bond donors (Lipinski definition) is 3. The Morgan fingerprint density at radius 2 is 2.00 bits per heavy atom. The summed E-state index contributed by atoms with van der Waals surface area (Å²) in [6.07, 6.45) is -0.632. The predicted molar refractivity (Wildman–Crippen MR) is 64.5 cm³/mol. The van der Waals surface area contributed by atoms with Crippen molar-refractivity contribution in [1.29, 1.82) is 0 Å². The summed E-state index contributed by atoms with van der Waals surface area (Å²) >= 11 is 0. The van der Waals surface area contributed by atoms with Crippen LogP contribution in [-0.2, 0) is 14.8 Å². The molecule has 0 aliphatic rings.